The molecule has 16 heavy (non-hydrogen) atoms. The second-order valence-electron chi connectivity index (χ2n) is 3.97. The summed E-state index contributed by atoms with van der Waals surface area (Å²) in [7, 11) is 3.55. The Balaban J connectivity index is 2.69. The van der Waals surface area contributed by atoms with E-state index < -0.39 is 5.82 Å². The lowest BCUT2D eigenvalue weighted by atomic mass is 10.1. The van der Waals surface area contributed by atoms with Crippen LogP contribution in [0, 0.1) is 5.82 Å². The molecule has 0 spiro atoms. The predicted molar refractivity (Wildman–Crippen MR) is 60.9 cm³/mol. The first-order valence-corrected chi connectivity index (χ1v) is 5.21. The van der Waals surface area contributed by atoms with Gasteiger partial charge in [-0.05, 0) is 20.0 Å². The Kier molecular flexibility index (Phi) is 4.71. The van der Waals surface area contributed by atoms with Gasteiger partial charge in [0.15, 0.2) is 11.6 Å². The Labute approximate surface area is 95.5 Å². The van der Waals surface area contributed by atoms with Gasteiger partial charge >= 0.3 is 0 Å². The lowest BCUT2D eigenvalue weighted by Crippen LogP contribution is -2.32. The Morgan fingerprint density at radius 1 is 1.50 bits per heavy atom. The summed E-state index contributed by atoms with van der Waals surface area (Å²) < 4.78 is 18.1. The van der Waals surface area contributed by atoms with Gasteiger partial charge in [0.2, 0.25) is 0 Å². The van der Waals surface area contributed by atoms with Gasteiger partial charge in [0.25, 0.3) is 0 Å². The van der Waals surface area contributed by atoms with Gasteiger partial charge in [-0.25, -0.2) is 4.39 Å². The van der Waals surface area contributed by atoms with Crippen molar-refractivity contribution < 1.29 is 14.2 Å². The number of likely N-dealkylation sites (N-methyl/N-ethyl adjacent to an activating group) is 1. The van der Waals surface area contributed by atoms with Crippen molar-refractivity contribution in [3.8, 4) is 5.75 Å². The first-order chi connectivity index (χ1) is 7.56. The van der Waals surface area contributed by atoms with E-state index in [1.807, 2.05) is 18.9 Å². The molecule has 0 radical (unpaired) electrons. The lowest BCUT2D eigenvalue weighted by Gasteiger charge is -2.24. The largest absolute Gasteiger partial charge is 0.505 e. The fourth-order valence-corrected chi connectivity index (χ4v) is 1.48. The van der Waals surface area contributed by atoms with Crippen molar-refractivity contribution in [3.05, 3.63) is 29.6 Å². The monoisotopic (exact) mass is 227 g/mol. The number of ether oxygens (including phenoxy) is 1. The predicted octanol–water partition coefficient (Wildman–Crippen LogP) is 2.00. The fraction of sp³-hybridized carbons (Fsp3) is 0.500. The molecule has 0 aliphatic rings. The van der Waals surface area contributed by atoms with Gasteiger partial charge in [-0.2, -0.15) is 0 Å². The zero-order valence-electron chi connectivity index (χ0n) is 9.90. The molecule has 1 unspecified atom stereocenters. The molecule has 1 rings (SSSR count). The van der Waals surface area contributed by atoms with Gasteiger partial charge in [-0.1, -0.05) is 12.1 Å². The van der Waals surface area contributed by atoms with Crippen LogP contribution in [0.3, 0.4) is 0 Å². The molecule has 1 N–H and O–H groups in total. The maximum absolute atomic E-state index is 13.1. The van der Waals surface area contributed by atoms with Gasteiger partial charge in [-0.3, -0.25) is 4.90 Å². The molecule has 0 aliphatic carbocycles. The van der Waals surface area contributed by atoms with E-state index >= 15 is 0 Å². The van der Waals surface area contributed by atoms with Crippen molar-refractivity contribution >= 4 is 0 Å². The van der Waals surface area contributed by atoms with Crippen LogP contribution in [0.1, 0.15) is 12.5 Å². The van der Waals surface area contributed by atoms with E-state index in [-0.39, 0.29) is 11.8 Å². The van der Waals surface area contributed by atoms with Crippen LogP contribution < -0.4 is 0 Å². The molecule has 3 nitrogen and oxygen atoms in total. The second kappa shape index (κ2) is 5.82. The van der Waals surface area contributed by atoms with Crippen LogP contribution in [0.4, 0.5) is 4.39 Å². The minimum absolute atomic E-state index is 0.215. The van der Waals surface area contributed by atoms with Crippen molar-refractivity contribution in [2.24, 2.45) is 0 Å². The number of benzene rings is 1. The third-order valence-corrected chi connectivity index (χ3v) is 2.65. The number of halogens is 1. The van der Waals surface area contributed by atoms with Crippen LogP contribution in [0.2, 0.25) is 0 Å². The molecule has 0 bridgehead atoms. The average molecular weight is 227 g/mol. The number of aromatic hydroxyl groups is 1. The number of hydrogen-bond acceptors (Lipinski definition) is 3. The quantitative estimate of drug-likeness (QED) is 0.835. The second-order valence-corrected chi connectivity index (χ2v) is 3.97. The average Bonchev–Trinajstić information content (AvgIpc) is 2.25. The molecule has 0 fully saturated rings. The number of para-hydroxylation sites is 1. The van der Waals surface area contributed by atoms with E-state index in [0.29, 0.717) is 18.7 Å². The van der Waals surface area contributed by atoms with Crippen molar-refractivity contribution in [1.29, 1.82) is 0 Å². The summed E-state index contributed by atoms with van der Waals surface area (Å²) in [4.78, 5) is 2.00. The van der Waals surface area contributed by atoms with Gasteiger partial charge in [0.1, 0.15) is 0 Å². The number of hydrogen-bond donors (Lipinski definition) is 1. The third kappa shape index (κ3) is 3.18. The molecule has 0 saturated heterocycles. The molecule has 0 amide bonds. The first kappa shape index (κ1) is 12.9. The Morgan fingerprint density at radius 2 is 2.19 bits per heavy atom. The summed E-state index contributed by atoms with van der Waals surface area (Å²) in [6.07, 6.45) is 0. The third-order valence-electron chi connectivity index (χ3n) is 2.65. The zero-order chi connectivity index (χ0) is 12.1. The normalized spacial score (nSPS) is 13.1. The van der Waals surface area contributed by atoms with Crippen LogP contribution in [0.25, 0.3) is 0 Å². The van der Waals surface area contributed by atoms with E-state index in [1.165, 1.54) is 6.07 Å². The van der Waals surface area contributed by atoms with E-state index in [1.54, 1.807) is 19.2 Å². The summed E-state index contributed by atoms with van der Waals surface area (Å²) >= 11 is 0. The van der Waals surface area contributed by atoms with E-state index in [0.717, 1.165) is 0 Å². The van der Waals surface area contributed by atoms with Crippen molar-refractivity contribution in [3.63, 3.8) is 0 Å². The summed E-state index contributed by atoms with van der Waals surface area (Å²) in [5.74, 6) is -0.843. The molecular formula is C12H18FNO2. The van der Waals surface area contributed by atoms with Crippen LogP contribution >= 0.6 is 0 Å². The van der Waals surface area contributed by atoms with Gasteiger partial charge in [-0.15, -0.1) is 0 Å². The molecule has 1 atom stereocenters. The van der Waals surface area contributed by atoms with Crippen molar-refractivity contribution in [2.75, 3.05) is 20.8 Å². The summed E-state index contributed by atoms with van der Waals surface area (Å²) in [5.41, 5.74) is 0.588. The Hall–Kier alpha value is -1.13. The van der Waals surface area contributed by atoms with Crippen molar-refractivity contribution in [1.82, 2.24) is 4.90 Å². The van der Waals surface area contributed by atoms with E-state index in [2.05, 4.69) is 0 Å². The van der Waals surface area contributed by atoms with E-state index in [4.69, 9.17) is 4.74 Å². The number of phenols is 1. The van der Waals surface area contributed by atoms with Gasteiger partial charge in [0.05, 0.1) is 6.61 Å². The standard InChI is InChI=1S/C12H18FNO2/c1-9(8-16-3)14(2)7-10-5-4-6-11(13)12(10)15/h4-6,9,15H,7-8H2,1-3H3. The fourth-order valence-electron chi connectivity index (χ4n) is 1.48. The lowest BCUT2D eigenvalue weighted by molar-refractivity contribution is 0.111. The van der Waals surface area contributed by atoms with Gasteiger partial charge in [0, 0.05) is 25.3 Å². The number of rotatable bonds is 5. The van der Waals surface area contributed by atoms with Crippen LogP contribution in [-0.4, -0.2) is 36.8 Å². The maximum atomic E-state index is 13.1. The highest BCUT2D eigenvalue weighted by Gasteiger charge is 2.13. The minimum atomic E-state index is -0.578. The molecule has 1 aromatic rings. The topological polar surface area (TPSA) is 32.7 Å². The van der Waals surface area contributed by atoms with Crippen LogP contribution in [0.5, 0.6) is 5.75 Å². The SMILES string of the molecule is COCC(C)N(C)Cc1cccc(F)c1O. The van der Waals surface area contributed by atoms with E-state index in [9.17, 15) is 9.50 Å². The Bertz CT molecular complexity index is 344. The molecule has 1 aromatic carbocycles. The molecule has 90 valence electrons. The summed E-state index contributed by atoms with van der Waals surface area (Å²) in [5, 5.41) is 9.53. The van der Waals surface area contributed by atoms with Gasteiger partial charge < -0.3 is 9.84 Å². The Morgan fingerprint density at radius 3 is 2.81 bits per heavy atom. The van der Waals surface area contributed by atoms with Crippen molar-refractivity contribution in [2.45, 2.75) is 19.5 Å². The first-order valence-electron chi connectivity index (χ1n) is 5.21. The summed E-state index contributed by atoms with van der Waals surface area (Å²) in [6, 6.07) is 4.78. The minimum Gasteiger partial charge on any atom is -0.505 e. The number of nitrogens with zero attached hydrogens (tertiary/aromatic N) is 1. The maximum Gasteiger partial charge on any atom is 0.165 e. The van der Waals surface area contributed by atoms with Crippen LogP contribution in [0.15, 0.2) is 18.2 Å². The number of methoxy groups -OCH3 is 1. The van der Waals surface area contributed by atoms with Crippen LogP contribution in [-0.2, 0) is 11.3 Å². The molecule has 0 aliphatic heterocycles. The highest BCUT2D eigenvalue weighted by atomic mass is 19.1. The summed E-state index contributed by atoms with van der Waals surface area (Å²) in [6.45, 7) is 3.11. The molecule has 0 heterocycles. The highest BCUT2D eigenvalue weighted by Crippen LogP contribution is 2.22. The smallest absolute Gasteiger partial charge is 0.165 e. The molecule has 0 aromatic heterocycles. The highest BCUT2D eigenvalue weighted by molar-refractivity contribution is 5.33. The molecule has 4 heteroatoms. The number of phenolic OH excluding ortho intramolecular Hbond substituents is 1. The molecular weight excluding hydrogens is 209 g/mol. The zero-order valence-corrected chi connectivity index (χ0v) is 9.90. The molecule has 0 saturated carbocycles.